The number of ether oxygens (including phenoxy) is 1. The second-order valence-corrected chi connectivity index (χ2v) is 17.3. The maximum atomic E-state index is 13.9. The first kappa shape index (κ1) is 28.4. The average Bonchev–Trinajstić information content (AvgIpc) is 3.23. The summed E-state index contributed by atoms with van der Waals surface area (Å²) in [6.07, 6.45) is 1.99. The lowest BCUT2D eigenvalue weighted by atomic mass is 9.99. The van der Waals surface area contributed by atoms with Gasteiger partial charge >= 0.3 is 5.69 Å². The van der Waals surface area contributed by atoms with Gasteiger partial charge in [0.1, 0.15) is 17.9 Å². The van der Waals surface area contributed by atoms with E-state index in [0.29, 0.717) is 52.7 Å². The highest BCUT2D eigenvalue weighted by Gasteiger charge is 2.25. The summed E-state index contributed by atoms with van der Waals surface area (Å²) in [5, 5.41) is 1.57. The van der Waals surface area contributed by atoms with Gasteiger partial charge in [0, 0.05) is 48.8 Å². The molecular formula is C29H34Cl2N2O4Si. The van der Waals surface area contributed by atoms with Gasteiger partial charge in [-0.1, -0.05) is 80.5 Å². The van der Waals surface area contributed by atoms with Crippen molar-refractivity contribution in [3.63, 3.8) is 0 Å². The molecule has 0 saturated carbocycles. The van der Waals surface area contributed by atoms with E-state index in [9.17, 15) is 9.59 Å². The average molecular weight is 574 g/mol. The lowest BCUT2D eigenvalue weighted by Crippen LogP contribution is -2.40. The number of hydrogen-bond donors (Lipinski definition) is 0. The molecular weight excluding hydrogens is 539 g/mol. The summed E-state index contributed by atoms with van der Waals surface area (Å²) in [4.78, 5) is 27.4. The molecule has 0 bridgehead atoms. The van der Waals surface area contributed by atoms with Crippen LogP contribution in [0.1, 0.15) is 30.9 Å². The summed E-state index contributed by atoms with van der Waals surface area (Å²) in [7, 11) is -1.31. The standard InChI is InChI=1S/C29H34Cl2N2O4Si/c1-5-6-14-32-27(34)25-24(17-20-10-12-22(30)13-11-20)26(21-8-7-9-23(31)18-21)37-28(25)33(29(32)35)19-36-15-16-38(2,3)4/h7-13,18H,5-6,14-17,19H2,1-4H3. The van der Waals surface area contributed by atoms with Crippen molar-refractivity contribution in [2.75, 3.05) is 6.61 Å². The predicted octanol–water partition coefficient (Wildman–Crippen LogP) is 7.43. The van der Waals surface area contributed by atoms with Gasteiger partial charge in [0.2, 0.25) is 5.71 Å². The normalized spacial score (nSPS) is 11.9. The fourth-order valence-corrected chi connectivity index (χ4v) is 5.39. The summed E-state index contributed by atoms with van der Waals surface area (Å²) < 4.78 is 15.1. The summed E-state index contributed by atoms with van der Waals surface area (Å²) >= 11 is 12.4. The van der Waals surface area contributed by atoms with Crippen molar-refractivity contribution >= 4 is 42.4 Å². The predicted molar refractivity (Wildman–Crippen MR) is 158 cm³/mol. The molecule has 2 aromatic heterocycles. The molecule has 4 aromatic rings. The van der Waals surface area contributed by atoms with Crippen LogP contribution in [-0.2, 0) is 24.4 Å². The first-order valence-electron chi connectivity index (χ1n) is 13.0. The van der Waals surface area contributed by atoms with Gasteiger partial charge in [-0.15, -0.1) is 0 Å². The molecule has 4 rings (SSSR count). The molecule has 2 aromatic carbocycles. The molecule has 202 valence electrons. The van der Waals surface area contributed by atoms with Crippen LogP contribution in [-0.4, -0.2) is 23.8 Å². The van der Waals surface area contributed by atoms with E-state index < -0.39 is 13.8 Å². The monoisotopic (exact) mass is 572 g/mol. The third kappa shape index (κ3) is 6.52. The van der Waals surface area contributed by atoms with E-state index in [1.54, 1.807) is 12.1 Å². The van der Waals surface area contributed by atoms with Gasteiger partial charge < -0.3 is 9.15 Å². The van der Waals surface area contributed by atoms with Crippen molar-refractivity contribution in [3.8, 4) is 11.3 Å². The lowest BCUT2D eigenvalue weighted by molar-refractivity contribution is 0.0837. The van der Waals surface area contributed by atoms with Gasteiger partial charge in [0.05, 0.1) is 0 Å². The van der Waals surface area contributed by atoms with Crippen LogP contribution in [0.3, 0.4) is 0 Å². The third-order valence-electron chi connectivity index (χ3n) is 6.49. The molecule has 0 aliphatic heterocycles. The highest BCUT2D eigenvalue weighted by atomic mass is 35.5. The van der Waals surface area contributed by atoms with Crippen molar-refractivity contribution in [2.45, 2.75) is 65.1 Å². The Hall–Kier alpha value is -2.58. The quantitative estimate of drug-likeness (QED) is 0.138. The number of halogens is 2. The fraction of sp³-hybridized carbons (Fsp3) is 0.379. The molecule has 0 aliphatic rings. The van der Waals surface area contributed by atoms with Gasteiger partial charge in [-0.3, -0.25) is 9.36 Å². The van der Waals surface area contributed by atoms with Crippen molar-refractivity contribution in [1.29, 1.82) is 0 Å². The zero-order valence-corrected chi connectivity index (χ0v) is 24.9. The van der Waals surface area contributed by atoms with Crippen molar-refractivity contribution < 1.29 is 9.15 Å². The van der Waals surface area contributed by atoms with E-state index in [2.05, 4.69) is 19.6 Å². The Labute approximate surface area is 233 Å². The SMILES string of the molecule is CCCCn1c(=O)c2c(Cc3ccc(Cl)cc3)c(-c3cccc(Cl)c3)oc2n(COCC[Si](C)(C)C)c1=O. The Morgan fingerprint density at radius 3 is 2.37 bits per heavy atom. The molecule has 0 aliphatic carbocycles. The molecule has 0 amide bonds. The summed E-state index contributed by atoms with van der Waals surface area (Å²) in [5.41, 5.74) is 1.85. The highest BCUT2D eigenvalue weighted by molar-refractivity contribution is 6.76. The summed E-state index contributed by atoms with van der Waals surface area (Å²) in [5.74, 6) is 0.512. The molecule has 0 atom stereocenters. The Kier molecular flexibility index (Phi) is 9.03. The number of benzene rings is 2. The maximum absolute atomic E-state index is 13.9. The largest absolute Gasteiger partial charge is 0.439 e. The van der Waals surface area contributed by atoms with E-state index in [4.69, 9.17) is 32.4 Å². The number of fused-ring (bicyclic) bond motifs is 1. The number of furan rings is 1. The Morgan fingerprint density at radius 1 is 0.974 bits per heavy atom. The van der Waals surface area contributed by atoms with Crippen LogP contribution in [0, 0.1) is 0 Å². The Balaban J connectivity index is 1.94. The van der Waals surface area contributed by atoms with Gasteiger partial charge in [-0.25, -0.2) is 9.36 Å². The molecule has 0 N–H and O–H groups in total. The van der Waals surface area contributed by atoms with E-state index in [0.717, 1.165) is 23.6 Å². The minimum Gasteiger partial charge on any atom is -0.439 e. The molecule has 6 nitrogen and oxygen atoms in total. The Morgan fingerprint density at radius 2 is 1.71 bits per heavy atom. The second kappa shape index (κ2) is 12.1. The van der Waals surface area contributed by atoms with Gasteiger partial charge in [0.15, 0.2) is 0 Å². The minimum atomic E-state index is -1.31. The van der Waals surface area contributed by atoms with E-state index in [-0.39, 0.29) is 18.0 Å². The van der Waals surface area contributed by atoms with E-state index in [1.165, 1.54) is 9.13 Å². The Bertz CT molecular complexity index is 1530. The van der Waals surface area contributed by atoms with Crippen molar-refractivity contribution in [2.24, 2.45) is 0 Å². The van der Waals surface area contributed by atoms with Crippen LogP contribution in [0.25, 0.3) is 22.4 Å². The smallest absolute Gasteiger partial charge is 0.335 e. The molecule has 0 fully saturated rings. The molecule has 9 heteroatoms. The minimum absolute atomic E-state index is 0.00903. The zero-order valence-electron chi connectivity index (χ0n) is 22.4. The van der Waals surface area contributed by atoms with Crippen LogP contribution in [0.5, 0.6) is 0 Å². The number of hydrogen-bond acceptors (Lipinski definition) is 4. The number of nitrogens with zero attached hydrogens (tertiary/aromatic N) is 2. The van der Waals surface area contributed by atoms with Crippen LogP contribution in [0.2, 0.25) is 35.7 Å². The molecule has 38 heavy (non-hydrogen) atoms. The molecule has 2 heterocycles. The van der Waals surface area contributed by atoms with Crippen LogP contribution in [0.15, 0.2) is 62.5 Å². The maximum Gasteiger partial charge on any atom is 0.335 e. The second-order valence-electron chi connectivity index (χ2n) is 10.8. The number of rotatable bonds is 11. The molecule has 0 radical (unpaired) electrons. The van der Waals surface area contributed by atoms with Crippen LogP contribution >= 0.6 is 23.2 Å². The topological polar surface area (TPSA) is 66.4 Å². The van der Waals surface area contributed by atoms with Crippen LogP contribution in [0.4, 0.5) is 0 Å². The zero-order chi connectivity index (χ0) is 27.4. The van der Waals surface area contributed by atoms with Crippen molar-refractivity contribution in [1.82, 2.24) is 9.13 Å². The summed E-state index contributed by atoms with van der Waals surface area (Å²) in [6.45, 7) is 9.74. The molecule has 0 unspecified atom stereocenters. The van der Waals surface area contributed by atoms with Gasteiger partial charge in [-0.2, -0.15) is 0 Å². The third-order valence-corrected chi connectivity index (χ3v) is 8.68. The fourth-order valence-electron chi connectivity index (χ4n) is 4.32. The van der Waals surface area contributed by atoms with Crippen molar-refractivity contribution in [3.05, 3.63) is 90.5 Å². The summed E-state index contributed by atoms with van der Waals surface area (Å²) in [6, 6.07) is 15.8. The van der Waals surface area contributed by atoms with E-state index >= 15 is 0 Å². The lowest BCUT2D eigenvalue weighted by Gasteiger charge is -2.16. The first-order chi connectivity index (χ1) is 18.1. The molecule has 0 spiro atoms. The first-order valence-corrected chi connectivity index (χ1v) is 17.4. The number of unbranched alkanes of at least 4 members (excludes halogenated alkanes) is 1. The van der Waals surface area contributed by atoms with Crippen LogP contribution < -0.4 is 11.2 Å². The van der Waals surface area contributed by atoms with E-state index in [1.807, 2.05) is 43.3 Å². The van der Waals surface area contributed by atoms with Gasteiger partial charge in [-0.05, 0) is 42.3 Å². The number of aromatic nitrogens is 2. The molecule has 0 saturated heterocycles. The van der Waals surface area contributed by atoms with Gasteiger partial charge in [0.25, 0.3) is 5.56 Å². The highest BCUT2D eigenvalue weighted by Crippen LogP contribution is 2.34.